The number of carbonyl (C=O) groups is 1. The molecule has 3 aromatic rings. The molecule has 0 atom stereocenters. The molecule has 36 heavy (non-hydrogen) atoms. The number of halogens is 7. The van der Waals surface area contributed by atoms with Crippen molar-refractivity contribution in [1.82, 2.24) is 20.0 Å². The lowest BCUT2D eigenvalue weighted by atomic mass is 10.0. The fraction of sp³-hybridized carbons (Fsp3) is 0.261. The number of aromatic nitrogens is 2. The van der Waals surface area contributed by atoms with E-state index < -0.39 is 29.5 Å². The number of amidine groups is 1. The average molecular weight is 623 g/mol. The van der Waals surface area contributed by atoms with Gasteiger partial charge in [0, 0.05) is 11.9 Å². The number of hydrogen-bond acceptors (Lipinski definition) is 3. The van der Waals surface area contributed by atoms with Gasteiger partial charge in [0.2, 0.25) is 0 Å². The van der Waals surface area contributed by atoms with Gasteiger partial charge in [-0.05, 0) is 53.3 Å². The zero-order valence-electron chi connectivity index (χ0n) is 18.9. The maximum absolute atomic E-state index is 13.5. The number of amides is 2. The van der Waals surface area contributed by atoms with E-state index in [1.54, 1.807) is 31.2 Å². The first-order valence-corrected chi connectivity index (χ1v) is 12.5. The smallest absolute Gasteiger partial charge is 0.304 e. The first kappa shape index (κ1) is 27.5. The monoisotopic (exact) mass is 623 g/mol. The molecule has 1 aromatic heterocycles. The minimum atomic E-state index is -4.97. The van der Waals surface area contributed by atoms with Crippen molar-refractivity contribution >= 4 is 51.4 Å². The largest absolute Gasteiger partial charge is 0.416 e. The summed E-state index contributed by atoms with van der Waals surface area (Å²) in [6.07, 6.45) is -6.86. The van der Waals surface area contributed by atoms with Crippen LogP contribution in [0, 0.1) is 5.41 Å². The average Bonchev–Trinajstić information content (AvgIpc) is 3.33. The van der Waals surface area contributed by atoms with Gasteiger partial charge in [0.25, 0.3) is 0 Å². The normalized spacial score (nSPS) is 15.4. The Balaban J connectivity index is 0.00000176. The minimum absolute atomic E-state index is 0.0188. The van der Waals surface area contributed by atoms with Crippen LogP contribution in [0.4, 0.5) is 31.1 Å². The highest BCUT2D eigenvalue weighted by atomic mass is 127. The van der Waals surface area contributed by atoms with Gasteiger partial charge in [-0.1, -0.05) is 34.7 Å². The van der Waals surface area contributed by atoms with Crippen LogP contribution in [0.2, 0.25) is 0 Å². The molecule has 2 heterocycles. The Morgan fingerprint density at radius 1 is 1.06 bits per heavy atom. The molecule has 4 rings (SSSR count). The molecule has 192 valence electrons. The van der Waals surface area contributed by atoms with Crippen molar-refractivity contribution in [2.24, 2.45) is 0 Å². The van der Waals surface area contributed by atoms with Gasteiger partial charge in [0.15, 0.2) is 5.84 Å². The van der Waals surface area contributed by atoms with Gasteiger partial charge in [-0.3, -0.25) is 15.0 Å². The van der Waals surface area contributed by atoms with Gasteiger partial charge < -0.3 is 5.32 Å². The van der Waals surface area contributed by atoms with Crippen LogP contribution in [0.15, 0.2) is 48.3 Å². The molecule has 0 spiro atoms. The highest BCUT2D eigenvalue weighted by Gasteiger charge is 2.38. The van der Waals surface area contributed by atoms with Crippen molar-refractivity contribution in [2.45, 2.75) is 25.8 Å². The van der Waals surface area contributed by atoms with Crippen LogP contribution in [-0.4, -0.2) is 38.0 Å². The quantitative estimate of drug-likeness (QED) is 0.197. The molecule has 6 nitrogen and oxygen atoms in total. The Morgan fingerprint density at radius 2 is 1.75 bits per heavy atom. The van der Waals surface area contributed by atoms with E-state index in [4.69, 9.17) is 5.41 Å². The molecule has 0 radical (unpaired) electrons. The van der Waals surface area contributed by atoms with Gasteiger partial charge in [-0.2, -0.15) is 31.4 Å². The van der Waals surface area contributed by atoms with E-state index in [0.29, 0.717) is 34.8 Å². The number of alkyl halides is 7. The summed E-state index contributed by atoms with van der Waals surface area (Å²) >= 11 is 2.15. The third kappa shape index (κ3) is 5.65. The molecular weight excluding hydrogens is 603 g/mol. The zero-order chi connectivity index (χ0) is 26.8. The van der Waals surface area contributed by atoms with Crippen LogP contribution in [0.1, 0.15) is 29.2 Å². The van der Waals surface area contributed by atoms with Crippen LogP contribution in [0.5, 0.6) is 0 Å². The lowest BCUT2D eigenvalue weighted by Crippen LogP contribution is -2.29. The number of rotatable bonds is 4. The van der Waals surface area contributed by atoms with E-state index in [1.807, 2.05) is 4.93 Å². The Hall–Kier alpha value is -3.10. The number of urea groups is 1. The number of carbonyl (C=O) groups excluding carboxylic acids is 1. The summed E-state index contributed by atoms with van der Waals surface area (Å²) in [5.74, 6) is 0.0188. The van der Waals surface area contributed by atoms with Crippen molar-refractivity contribution < 1.29 is 31.1 Å². The van der Waals surface area contributed by atoms with Crippen LogP contribution < -0.4 is 5.32 Å². The number of nitrogens with one attached hydrogen (secondary N) is 2. The van der Waals surface area contributed by atoms with Crippen LogP contribution in [-0.2, 0) is 18.9 Å². The van der Waals surface area contributed by atoms with Gasteiger partial charge in [0.1, 0.15) is 0 Å². The molecular formula is C23H20F6IN5O. The van der Waals surface area contributed by atoms with E-state index in [-0.39, 0.29) is 24.0 Å². The fourth-order valence-electron chi connectivity index (χ4n) is 3.70. The van der Waals surface area contributed by atoms with Crippen molar-refractivity contribution in [3.63, 3.8) is 0 Å². The minimum Gasteiger partial charge on any atom is -0.304 e. The van der Waals surface area contributed by atoms with Crippen LogP contribution in [0.25, 0.3) is 17.0 Å². The Bertz CT molecular complexity index is 1330. The van der Waals surface area contributed by atoms with Crippen molar-refractivity contribution in [2.75, 3.05) is 11.5 Å². The molecule has 0 bridgehead atoms. The van der Waals surface area contributed by atoms with Crippen molar-refractivity contribution in [3.8, 4) is 0 Å². The molecule has 1 saturated heterocycles. The van der Waals surface area contributed by atoms with Gasteiger partial charge >= 0.3 is 18.4 Å². The van der Waals surface area contributed by atoms with Crippen molar-refractivity contribution in [3.05, 3.63) is 70.5 Å². The molecule has 2 N–H and O–H groups in total. The number of fused-ring (bicyclic) bond motifs is 1. The Kier molecular flexibility index (Phi) is 8.00. The topological polar surface area (TPSA) is 74.0 Å². The highest BCUT2D eigenvalue weighted by Crippen LogP contribution is 2.37. The lowest BCUT2D eigenvalue weighted by Gasteiger charge is -2.16. The fourth-order valence-corrected chi connectivity index (χ4v) is 3.70. The third-order valence-electron chi connectivity index (χ3n) is 5.37. The zero-order valence-corrected chi connectivity index (χ0v) is 21.1. The molecule has 2 aromatic carbocycles. The predicted molar refractivity (Wildman–Crippen MR) is 132 cm³/mol. The molecule has 1 fully saturated rings. The molecule has 0 aliphatic carbocycles. The second-order valence-corrected chi connectivity index (χ2v) is 7.57. The predicted octanol–water partition coefficient (Wildman–Crippen LogP) is 6.54. The second kappa shape index (κ2) is 10.5. The highest BCUT2D eigenvalue weighted by molar-refractivity contribution is 14.1. The maximum Gasteiger partial charge on any atom is 0.416 e. The van der Waals surface area contributed by atoms with Crippen molar-refractivity contribution in [1.29, 1.82) is 5.41 Å². The first-order valence-electron chi connectivity index (χ1n) is 10.4. The maximum atomic E-state index is 13.5. The molecule has 2 amide bonds. The van der Waals surface area contributed by atoms with E-state index >= 15 is 0 Å². The van der Waals surface area contributed by atoms with E-state index in [1.165, 1.54) is 15.8 Å². The van der Waals surface area contributed by atoms with Gasteiger partial charge in [0.05, 0.1) is 35.1 Å². The lowest BCUT2D eigenvalue weighted by molar-refractivity contribution is -0.143. The summed E-state index contributed by atoms with van der Waals surface area (Å²) in [5, 5.41) is 15.3. The molecule has 0 saturated carbocycles. The van der Waals surface area contributed by atoms with Crippen LogP contribution in [0.3, 0.4) is 0 Å². The first-order chi connectivity index (χ1) is 16.9. The van der Waals surface area contributed by atoms with Gasteiger partial charge in [-0.15, -0.1) is 0 Å². The summed E-state index contributed by atoms with van der Waals surface area (Å²) in [6, 6.07) is 6.04. The van der Waals surface area contributed by atoms with Gasteiger partial charge in [-0.25, -0.2) is 4.79 Å². The summed E-state index contributed by atoms with van der Waals surface area (Å²) in [7, 11) is 0. The summed E-state index contributed by atoms with van der Waals surface area (Å²) in [5.41, 5.74) is -1.70. The summed E-state index contributed by atoms with van der Waals surface area (Å²) in [6.45, 7) is 1.68. The summed E-state index contributed by atoms with van der Waals surface area (Å²) in [4.78, 5) is 15.1. The Morgan fingerprint density at radius 3 is 2.33 bits per heavy atom. The molecule has 0 unspecified atom stereocenters. The molecule has 1 aliphatic heterocycles. The number of hydrogen-bond donors (Lipinski definition) is 2. The second-order valence-electron chi connectivity index (χ2n) is 7.57. The third-order valence-corrected chi connectivity index (χ3v) is 5.37. The van der Waals surface area contributed by atoms with E-state index in [9.17, 15) is 31.1 Å². The number of likely N-dealkylation sites (N-methyl/N-ethyl adjacent to an activating group) is 1. The number of nitrogens with zero attached hydrogens (tertiary/aromatic N) is 3. The van der Waals surface area contributed by atoms with Crippen LogP contribution >= 0.6 is 22.6 Å². The van der Waals surface area contributed by atoms with E-state index in [2.05, 4.69) is 33.0 Å². The molecule has 13 heteroatoms. The summed E-state index contributed by atoms with van der Waals surface area (Å²) < 4.78 is 80.4. The number of benzene rings is 2. The SMILES string of the molecule is CCN1C(=N)/C(=C/c2ccc3c(cnn3Cc3ccc(C(F)(F)F)cc3C(F)(F)F)c2)NC1=O.CI. The Labute approximate surface area is 215 Å². The molecule has 1 aliphatic rings. The standard InChI is InChI=1S/C22H17F6N5O.CH3I/c1-2-32-19(29)17(31-20(32)34)8-12-3-6-18-14(7-12)10-30-33(18)11-13-4-5-15(21(23,24)25)9-16(13)22(26,27)28;1-2/h3-10,29H,2,11H2,1H3,(H,31,34);1H3/b17-8-,29-19?;. The van der Waals surface area contributed by atoms with E-state index in [0.717, 1.165) is 6.07 Å².